The van der Waals surface area contributed by atoms with E-state index in [1.54, 1.807) is 4.90 Å². The van der Waals surface area contributed by atoms with Crippen molar-refractivity contribution in [1.82, 2.24) is 9.80 Å². The first-order valence-electron chi connectivity index (χ1n) is 9.70. The third kappa shape index (κ3) is 4.58. The lowest BCUT2D eigenvalue weighted by atomic mass is 9.86. The van der Waals surface area contributed by atoms with Gasteiger partial charge in [0.2, 0.25) is 0 Å². The van der Waals surface area contributed by atoms with E-state index in [1.807, 2.05) is 29.2 Å². The Labute approximate surface area is 166 Å². The molecule has 0 saturated carbocycles. The predicted molar refractivity (Wildman–Crippen MR) is 108 cm³/mol. The van der Waals surface area contributed by atoms with E-state index in [9.17, 15) is 14.0 Å². The Kier molecular flexibility index (Phi) is 5.82. The Morgan fingerprint density at radius 3 is 1.61 bits per heavy atom. The van der Waals surface area contributed by atoms with Crippen molar-refractivity contribution < 1.29 is 14.0 Å². The topological polar surface area (TPSA) is 40.6 Å². The molecule has 0 bridgehead atoms. The maximum atomic E-state index is 13.1. The van der Waals surface area contributed by atoms with E-state index < -0.39 is 0 Å². The van der Waals surface area contributed by atoms with Crippen molar-refractivity contribution in [3.05, 3.63) is 71.0 Å². The van der Waals surface area contributed by atoms with Gasteiger partial charge in [-0.15, -0.1) is 0 Å². The largest absolute Gasteiger partial charge is 0.337 e. The molecule has 0 N–H and O–H groups in total. The second-order valence-electron chi connectivity index (χ2n) is 8.27. The van der Waals surface area contributed by atoms with Crippen molar-refractivity contribution >= 4 is 11.8 Å². The zero-order valence-corrected chi connectivity index (χ0v) is 16.7. The molecular weight excluding hydrogens is 355 g/mol. The number of nitrogens with zero attached hydrogens (tertiary/aromatic N) is 2. The summed E-state index contributed by atoms with van der Waals surface area (Å²) in [6.45, 7) is 8.60. The number of amides is 2. The molecule has 148 valence electrons. The number of hydrogen-bond acceptors (Lipinski definition) is 2. The highest BCUT2D eigenvalue weighted by Gasteiger charge is 2.24. The third-order valence-electron chi connectivity index (χ3n) is 5.16. The van der Waals surface area contributed by atoms with E-state index in [0.717, 1.165) is 6.42 Å². The number of benzene rings is 2. The van der Waals surface area contributed by atoms with Crippen LogP contribution in [-0.2, 0) is 5.41 Å². The van der Waals surface area contributed by atoms with Crippen LogP contribution in [0.15, 0.2) is 48.5 Å². The maximum absolute atomic E-state index is 13.1. The minimum absolute atomic E-state index is 0.00320. The monoisotopic (exact) mass is 382 g/mol. The first-order valence-corrected chi connectivity index (χ1v) is 9.70. The fourth-order valence-electron chi connectivity index (χ4n) is 3.39. The highest BCUT2D eigenvalue weighted by molar-refractivity contribution is 5.95. The van der Waals surface area contributed by atoms with Crippen LogP contribution in [0.4, 0.5) is 4.39 Å². The smallest absolute Gasteiger partial charge is 0.253 e. The molecule has 2 amide bonds. The van der Waals surface area contributed by atoms with Crippen molar-refractivity contribution in [1.29, 1.82) is 0 Å². The second kappa shape index (κ2) is 8.13. The van der Waals surface area contributed by atoms with Gasteiger partial charge in [0, 0.05) is 37.3 Å². The van der Waals surface area contributed by atoms with Crippen molar-refractivity contribution in [2.45, 2.75) is 32.6 Å². The Balaban J connectivity index is 1.65. The van der Waals surface area contributed by atoms with Gasteiger partial charge >= 0.3 is 0 Å². The Morgan fingerprint density at radius 2 is 1.18 bits per heavy atom. The summed E-state index contributed by atoms with van der Waals surface area (Å²) in [6.07, 6.45) is 0.721. The Hall–Kier alpha value is -2.69. The molecule has 1 fully saturated rings. The molecule has 2 aromatic rings. The number of carbonyl (C=O) groups is 2. The van der Waals surface area contributed by atoms with Crippen LogP contribution in [-0.4, -0.2) is 47.8 Å². The van der Waals surface area contributed by atoms with Gasteiger partial charge in [-0.3, -0.25) is 9.59 Å². The molecule has 1 heterocycles. The molecule has 1 aliphatic heterocycles. The van der Waals surface area contributed by atoms with Gasteiger partial charge in [0.15, 0.2) is 0 Å². The Morgan fingerprint density at radius 1 is 0.750 bits per heavy atom. The quantitative estimate of drug-likeness (QED) is 0.784. The standard InChI is InChI=1S/C23H27FN2O2/c1-23(2,3)19-9-5-17(6-10-19)21(27)25-13-4-14-26(16-15-25)22(28)18-7-11-20(24)12-8-18/h5-12H,4,13-16H2,1-3H3. The minimum atomic E-state index is -0.360. The van der Waals surface area contributed by atoms with Gasteiger partial charge in [0.05, 0.1) is 0 Å². The van der Waals surface area contributed by atoms with E-state index in [2.05, 4.69) is 20.8 Å². The summed E-state index contributed by atoms with van der Waals surface area (Å²) in [5.74, 6) is -0.484. The van der Waals surface area contributed by atoms with Gasteiger partial charge < -0.3 is 9.80 Å². The van der Waals surface area contributed by atoms with Crippen LogP contribution in [0.25, 0.3) is 0 Å². The zero-order valence-electron chi connectivity index (χ0n) is 16.7. The van der Waals surface area contributed by atoms with Gasteiger partial charge in [-0.1, -0.05) is 32.9 Å². The summed E-state index contributed by atoms with van der Waals surface area (Å²) in [6, 6.07) is 13.4. The minimum Gasteiger partial charge on any atom is -0.337 e. The summed E-state index contributed by atoms with van der Waals surface area (Å²) in [5.41, 5.74) is 2.38. The highest BCUT2D eigenvalue weighted by atomic mass is 19.1. The maximum Gasteiger partial charge on any atom is 0.253 e. The van der Waals surface area contributed by atoms with Crippen molar-refractivity contribution in [3.8, 4) is 0 Å². The number of rotatable bonds is 2. The number of halogens is 1. The van der Waals surface area contributed by atoms with Gasteiger partial charge in [0.25, 0.3) is 11.8 Å². The molecule has 3 rings (SSSR count). The van der Waals surface area contributed by atoms with E-state index in [4.69, 9.17) is 0 Å². The van der Waals surface area contributed by atoms with Crippen molar-refractivity contribution in [3.63, 3.8) is 0 Å². The molecule has 4 nitrogen and oxygen atoms in total. The fraction of sp³-hybridized carbons (Fsp3) is 0.391. The van der Waals surface area contributed by atoms with Gasteiger partial charge in [-0.25, -0.2) is 4.39 Å². The summed E-state index contributed by atoms with van der Waals surface area (Å²) in [5, 5.41) is 0. The van der Waals surface area contributed by atoms with Crippen molar-refractivity contribution in [2.75, 3.05) is 26.2 Å². The first kappa shape index (κ1) is 20.1. The van der Waals surface area contributed by atoms with E-state index in [0.29, 0.717) is 37.3 Å². The van der Waals surface area contributed by atoms with Crippen LogP contribution in [0.1, 0.15) is 53.5 Å². The molecule has 0 unspecified atom stereocenters. The lowest BCUT2D eigenvalue weighted by molar-refractivity contribution is 0.0718. The molecule has 5 heteroatoms. The molecule has 0 aromatic heterocycles. The molecule has 28 heavy (non-hydrogen) atoms. The van der Waals surface area contributed by atoms with E-state index in [1.165, 1.54) is 29.8 Å². The molecule has 1 saturated heterocycles. The summed E-state index contributed by atoms with van der Waals surface area (Å²) in [7, 11) is 0. The molecule has 0 radical (unpaired) electrons. The van der Waals surface area contributed by atoms with Crippen molar-refractivity contribution in [2.24, 2.45) is 0 Å². The fourth-order valence-corrected chi connectivity index (χ4v) is 3.39. The van der Waals surface area contributed by atoms with Gasteiger partial charge in [0.1, 0.15) is 5.82 Å². The zero-order chi connectivity index (χ0) is 20.3. The van der Waals surface area contributed by atoms with E-state index in [-0.39, 0.29) is 23.0 Å². The predicted octanol–water partition coefficient (Wildman–Crippen LogP) is 4.11. The molecule has 0 atom stereocenters. The molecule has 0 spiro atoms. The summed E-state index contributed by atoms with van der Waals surface area (Å²) < 4.78 is 13.1. The SMILES string of the molecule is CC(C)(C)c1ccc(C(=O)N2CCCN(C(=O)c3ccc(F)cc3)CC2)cc1. The summed E-state index contributed by atoms with van der Waals surface area (Å²) in [4.78, 5) is 29.1. The van der Waals surface area contributed by atoms with Crippen LogP contribution >= 0.6 is 0 Å². The average molecular weight is 382 g/mol. The van der Waals surface area contributed by atoms with Crippen LogP contribution in [0.3, 0.4) is 0 Å². The van der Waals surface area contributed by atoms with E-state index >= 15 is 0 Å². The van der Waals surface area contributed by atoms with Crippen LogP contribution in [0.2, 0.25) is 0 Å². The lowest BCUT2D eigenvalue weighted by Crippen LogP contribution is -2.37. The number of hydrogen-bond donors (Lipinski definition) is 0. The lowest BCUT2D eigenvalue weighted by Gasteiger charge is -2.23. The van der Waals surface area contributed by atoms with Gasteiger partial charge in [-0.05, 0) is 53.8 Å². The number of carbonyl (C=O) groups excluding carboxylic acids is 2. The second-order valence-corrected chi connectivity index (χ2v) is 8.27. The van der Waals surface area contributed by atoms with Crippen LogP contribution in [0.5, 0.6) is 0 Å². The molecular formula is C23H27FN2O2. The molecule has 0 aliphatic carbocycles. The summed E-state index contributed by atoms with van der Waals surface area (Å²) >= 11 is 0. The highest BCUT2D eigenvalue weighted by Crippen LogP contribution is 2.22. The van der Waals surface area contributed by atoms with Crippen LogP contribution in [0, 0.1) is 5.82 Å². The molecule has 1 aliphatic rings. The normalized spacial score (nSPS) is 15.3. The molecule has 2 aromatic carbocycles. The van der Waals surface area contributed by atoms with Gasteiger partial charge in [-0.2, -0.15) is 0 Å². The first-order chi connectivity index (χ1) is 13.3. The third-order valence-corrected chi connectivity index (χ3v) is 5.16. The van der Waals surface area contributed by atoms with Crippen LogP contribution < -0.4 is 0 Å². The average Bonchev–Trinajstić information content (AvgIpc) is 2.93. The Bertz CT molecular complexity index is 838.